The molecule has 0 saturated carbocycles. The molecule has 6 nitrogen and oxygen atoms in total. The Bertz CT molecular complexity index is 367. The van der Waals surface area contributed by atoms with Gasteiger partial charge in [-0.05, 0) is 13.8 Å². The molecule has 0 spiro atoms. The number of hydrogen-bond acceptors (Lipinski definition) is 5. The maximum absolute atomic E-state index is 10.5. The molecule has 1 aromatic rings. The Morgan fingerprint density at radius 2 is 2.31 bits per heavy atom. The van der Waals surface area contributed by atoms with Gasteiger partial charge in [-0.3, -0.25) is 4.79 Å². The topological polar surface area (TPSA) is 77.2 Å². The number of methoxy groups -OCH3 is 1. The Hall–Kier alpha value is -1.08. The summed E-state index contributed by atoms with van der Waals surface area (Å²) >= 11 is 1.16. The third-order valence-corrected chi connectivity index (χ3v) is 2.94. The maximum atomic E-state index is 10.5. The lowest BCUT2D eigenvalue weighted by molar-refractivity contribution is -0.133. The monoisotopic (exact) mass is 245 g/mol. The fraction of sp³-hybridized carbons (Fsp3) is 0.667. The Balaban J connectivity index is 2.80. The van der Waals surface area contributed by atoms with Crippen LogP contribution in [-0.2, 0) is 9.53 Å². The van der Waals surface area contributed by atoms with Crippen LogP contribution in [0.4, 0.5) is 0 Å². The lowest BCUT2D eigenvalue weighted by Crippen LogP contribution is -2.14. The third-order valence-electron chi connectivity index (χ3n) is 2.01. The zero-order valence-corrected chi connectivity index (χ0v) is 10.3. The highest BCUT2D eigenvalue weighted by molar-refractivity contribution is 7.99. The summed E-state index contributed by atoms with van der Waals surface area (Å²) in [7, 11) is 1.63. The lowest BCUT2D eigenvalue weighted by atomic mass is 10.3. The molecule has 1 unspecified atom stereocenters. The zero-order chi connectivity index (χ0) is 12.1. The van der Waals surface area contributed by atoms with Crippen molar-refractivity contribution < 1.29 is 14.6 Å². The van der Waals surface area contributed by atoms with E-state index >= 15 is 0 Å². The summed E-state index contributed by atoms with van der Waals surface area (Å²) in [5.41, 5.74) is 0. The molecule has 1 heterocycles. The number of ether oxygens (including phenoxy) is 1. The molecular formula is C9H15N3O3S. The van der Waals surface area contributed by atoms with Crippen LogP contribution >= 0.6 is 11.8 Å². The van der Waals surface area contributed by atoms with E-state index in [-0.39, 0.29) is 11.8 Å². The second-order valence-electron chi connectivity index (χ2n) is 3.39. The van der Waals surface area contributed by atoms with E-state index in [1.54, 1.807) is 7.11 Å². The molecule has 7 heteroatoms. The fourth-order valence-corrected chi connectivity index (χ4v) is 2.20. The molecule has 0 saturated heterocycles. The molecule has 0 aliphatic rings. The Morgan fingerprint density at radius 1 is 1.62 bits per heavy atom. The molecule has 16 heavy (non-hydrogen) atoms. The number of nitrogens with zero attached hydrogens (tertiary/aromatic N) is 3. The minimum Gasteiger partial charge on any atom is -0.481 e. The third kappa shape index (κ3) is 3.21. The highest BCUT2D eigenvalue weighted by Gasteiger charge is 2.15. The van der Waals surface area contributed by atoms with Crippen molar-refractivity contribution in [2.75, 3.05) is 19.5 Å². The van der Waals surface area contributed by atoms with Crippen molar-refractivity contribution in [2.24, 2.45) is 0 Å². The Labute approximate surface area is 98.0 Å². The summed E-state index contributed by atoms with van der Waals surface area (Å²) in [4.78, 5) is 10.5. The second-order valence-corrected chi connectivity index (χ2v) is 4.33. The van der Waals surface area contributed by atoms with Gasteiger partial charge in [0.05, 0.1) is 18.4 Å². The summed E-state index contributed by atoms with van der Waals surface area (Å²) in [6.07, 6.45) is 0. The highest BCUT2D eigenvalue weighted by Crippen LogP contribution is 2.21. The first kappa shape index (κ1) is 13.0. The standard InChI is InChI=1S/C9H15N3O3S/c1-6(4-15-3)12-7(2)10-11-9(12)16-5-8(13)14/h6H,4-5H2,1-3H3,(H,13,14). The van der Waals surface area contributed by atoms with E-state index in [9.17, 15) is 4.79 Å². The van der Waals surface area contributed by atoms with Crippen molar-refractivity contribution in [3.8, 4) is 0 Å². The molecular weight excluding hydrogens is 230 g/mol. The van der Waals surface area contributed by atoms with Crippen LogP contribution in [-0.4, -0.2) is 45.3 Å². The van der Waals surface area contributed by atoms with Crippen LogP contribution in [0.25, 0.3) is 0 Å². The minimum absolute atomic E-state index is 0.0160. The molecule has 90 valence electrons. The smallest absolute Gasteiger partial charge is 0.313 e. The van der Waals surface area contributed by atoms with Gasteiger partial charge >= 0.3 is 5.97 Å². The number of thioether (sulfide) groups is 1. The quantitative estimate of drug-likeness (QED) is 0.752. The van der Waals surface area contributed by atoms with Gasteiger partial charge in [-0.25, -0.2) is 0 Å². The first-order valence-electron chi connectivity index (χ1n) is 4.81. The second kappa shape index (κ2) is 5.86. The molecule has 0 aliphatic heterocycles. The summed E-state index contributed by atoms with van der Waals surface area (Å²) in [5, 5.41) is 17.1. The number of carboxylic acids is 1. The number of aryl methyl sites for hydroxylation is 1. The van der Waals surface area contributed by atoms with E-state index < -0.39 is 5.97 Å². The van der Waals surface area contributed by atoms with E-state index in [1.807, 2.05) is 18.4 Å². The van der Waals surface area contributed by atoms with Crippen molar-refractivity contribution in [3.63, 3.8) is 0 Å². The van der Waals surface area contributed by atoms with Gasteiger partial charge in [-0.1, -0.05) is 11.8 Å². The zero-order valence-electron chi connectivity index (χ0n) is 9.51. The van der Waals surface area contributed by atoms with Crippen LogP contribution in [0.3, 0.4) is 0 Å². The van der Waals surface area contributed by atoms with Gasteiger partial charge in [0.25, 0.3) is 0 Å². The molecule has 0 aliphatic carbocycles. The minimum atomic E-state index is -0.864. The molecule has 1 rings (SSSR count). The van der Waals surface area contributed by atoms with Gasteiger partial charge < -0.3 is 14.4 Å². The van der Waals surface area contributed by atoms with E-state index in [4.69, 9.17) is 9.84 Å². The van der Waals surface area contributed by atoms with E-state index in [1.165, 1.54) is 0 Å². The van der Waals surface area contributed by atoms with Crippen LogP contribution in [0.1, 0.15) is 18.8 Å². The van der Waals surface area contributed by atoms with E-state index in [2.05, 4.69) is 10.2 Å². The van der Waals surface area contributed by atoms with E-state index in [0.29, 0.717) is 11.8 Å². The number of hydrogen-bond donors (Lipinski definition) is 1. The number of carboxylic acid groups (broad SMARTS) is 1. The fourth-order valence-electron chi connectivity index (χ4n) is 1.40. The SMILES string of the molecule is COCC(C)n1c(C)nnc1SCC(=O)O. The molecule has 1 N–H and O–H groups in total. The van der Waals surface area contributed by atoms with Gasteiger partial charge in [-0.15, -0.1) is 10.2 Å². The number of rotatable bonds is 6. The Morgan fingerprint density at radius 3 is 2.88 bits per heavy atom. The largest absolute Gasteiger partial charge is 0.481 e. The average molecular weight is 245 g/mol. The van der Waals surface area contributed by atoms with Gasteiger partial charge in [0.15, 0.2) is 5.16 Å². The number of carbonyl (C=O) groups is 1. The maximum Gasteiger partial charge on any atom is 0.313 e. The molecule has 0 fully saturated rings. The predicted molar refractivity (Wildman–Crippen MR) is 59.7 cm³/mol. The van der Waals surface area contributed by atoms with Crippen molar-refractivity contribution >= 4 is 17.7 Å². The first-order chi connectivity index (χ1) is 7.56. The van der Waals surface area contributed by atoms with Crippen LogP contribution in [0.2, 0.25) is 0 Å². The highest BCUT2D eigenvalue weighted by atomic mass is 32.2. The average Bonchev–Trinajstić information content (AvgIpc) is 2.57. The van der Waals surface area contributed by atoms with Crippen molar-refractivity contribution in [1.29, 1.82) is 0 Å². The number of aliphatic carboxylic acids is 1. The summed E-state index contributed by atoms with van der Waals surface area (Å²) in [5.74, 6) is -0.119. The molecule has 0 aromatic carbocycles. The van der Waals surface area contributed by atoms with Gasteiger partial charge in [-0.2, -0.15) is 0 Å². The summed E-state index contributed by atoms with van der Waals surface area (Å²) < 4.78 is 6.95. The summed E-state index contributed by atoms with van der Waals surface area (Å²) in [6.45, 7) is 4.36. The summed E-state index contributed by atoms with van der Waals surface area (Å²) in [6, 6.07) is 0.0938. The lowest BCUT2D eigenvalue weighted by Gasteiger charge is -2.15. The molecule has 0 bridgehead atoms. The number of aromatic nitrogens is 3. The molecule has 0 amide bonds. The Kier molecular flexibility index (Phi) is 4.75. The van der Waals surface area contributed by atoms with Crippen LogP contribution < -0.4 is 0 Å². The molecule has 1 aromatic heterocycles. The van der Waals surface area contributed by atoms with Crippen LogP contribution in [0.5, 0.6) is 0 Å². The van der Waals surface area contributed by atoms with Crippen LogP contribution in [0, 0.1) is 6.92 Å². The van der Waals surface area contributed by atoms with Crippen molar-refractivity contribution in [1.82, 2.24) is 14.8 Å². The van der Waals surface area contributed by atoms with E-state index in [0.717, 1.165) is 17.6 Å². The molecule has 0 radical (unpaired) electrons. The van der Waals surface area contributed by atoms with Gasteiger partial charge in [0, 0.05) is 7.11 Å². The van der Waals surface area contributed by atoms with Gasteiger partial charge in [0.2, 0.25) is 0 Å². The normalized spacial score (nSPS) is 12.7. The van der Waals surface area contributed by atoms with Crippen LogP contribution in [0.15, 0.2) is 5.16 Å². The first-order valence-corrected chi connectivity index (χ1v) is 5.79. The van der Waals surface area contributed by atoms with Crippen molar-refractivity contribution in [3.05, 3.63) is 5.82 Å². The van der Waals surface area contributed by atoms with Gasteiger partial charge in [0.1, 0.15) is 5.82 Å². The van der Waals surface area contributed by atoms with Crippen molar-refractivity contribution in [2.45, 2.75) is 25.0 Å². The molecule has 1 atom stereocenters. The predicted octanol–water partition coefficient (Wildman–Crippen LogP) is 0.971.